The summed E-state index contributed by atoms with van der Waals surface area (Å²) in [4.78, 5) is 26.5. The van der Waals surface area contributed by atoms with E-state index < -0.39 is 0 Å². The van der Waals surface area contributed by atoms with Crippen LogP contribution in [0.3, 0.4) is 0 Å². The Morgan fingerprint density at radius 2 is 1.84 bits per heavy atom. The second-order valence-electron chi connectivity index (χ2n) is 6.87. The van der Waals surface area contributed by atoms with Crippen molar-refractivity contribution in [3.63, 3.8) is 0 Å². The molecular weight excluding hydrogens is 484 g/mol. The molecule has 1 N–H and O–H groups in total. The molecule has 1 heterocycles. The molecule has 8 heteroatoms. The molecule has 0 saturated carbocycles. The van der Waals surface area contributed by atoms with E-state index in [4.69, 9.17) is 21.1 Å². The Morgan fingerprint density at radius 3 is 2.58 bits per heavy atom. The Labute approximate surface area is 192 Å². The highest BCUT2D eigenvalue weighted by Gasteiger charge is 2.26. The minimum Gasteiger partial charge on any atom is -0.484 e. The third kappa shape index (κ3) is 5.37. The second kappa shape index (κ2) is 9.41. The van der Waals surface area contributed by atoms with Crippen molar-refractivity contribution in [2.75, 3.05) is 23.4 Å². The number of nitrogens with one attached hydrogen (secondary N) is 1. The molecule has 0 spiro atoms. The predicted molar refractivity (Wildman–Crippen MR) is 123 cm³/mol. The number of amides is 2. The molecule has 3 aromatic rings. The van der Waals surface area contributed by atoms with E-state index in [1.54, 1.807) is 47.4 Å². The second-order valence-corrected chi connectivity index (χ2v) is 8.22. The van der Waals surface area contributed by atoms with E-state index in [0.29, 0.717) is 34.4 Å². The van der Waals surface area contributed by atoms with Gasteiger partial charge in [0.1, 0.15) is 11.5 Å². The van der Waals surface area contributed by atoms with Crippen LogP contribution in [0.15, 0.2) is 71.2 Å². The summed E-state index contributed by atoms with van der Waals surface area (Å²) in [5.41, 5.74) is 2.13. The van der Waals surface area contributed by atoms with Gasteiger partial charge in [0.05, 0.1) is 12.2 Å². The van der Waals surface area contributed by atoms with Gasteiger partial charge < -0.3 is 19.7 Å². The van der Waals surface area contributed by atoms with Gasteiger partial charge in [-0.05, 0) is 60.2 Å². The highest BCUT2D eigenvalue weighted by molar-refractivity contribution is 9.10. The highest BCUT2D eigenvalue weighted by Crippen LogP contribution is 2.35. The van der Waals surface area contributed by atoms with Gasteiger partial charge in [-0.25, -0.2) is 0 Å². The van der Waals surface area contributed by atoms with Crippen LogP contribution >= 0.6 is 27.5 Å². The lowest BCUT2D eigenvalue weighted by Crippen LogP contribution is -2.38. The van der Waals surface area contributed by atoms with E-state index in [9.17, 15) is 9.59 Å². The van der Waals surface area contributed by atoms with Crippen molar-refractivity contribution in [2.45, 2.75) is 6.54 Å². The zero-order valence-electron chi connectivity index (χ0n) is 16.3. The average Bonchev–Trinajstić information content (AvgIpc) is 2.77. The molecule has 3 aromatic carbocycles. The van der Waals surface area contributed by atoms with E-state index in [1.807, 2.05) is 24.3 Å². The van der Waals surface area contributed by atoms with E-state index in [2.05, 4.69) is 21.2 Å². The molecule has 0 aliphatic carbocycles. The number of benzene rings is 3. The minimum absolute atomic E-state index is 0.0236. The van der Waals surface area contributed by atoms with Crippen LogP contribution in [0.1, 0.15) is 5.56 Å². The van der Waals surface area contributed by atoms with Gasteiger partial charge in [0, 0.05) is 15.2 Å². The Bertz CT molecular complexity index is 1100. The summed E-state index contributed by atoms with van der Waals surface area (Å²) in [5.74, 6) is 0.666. The maximum atomic E-state index is 12.5. The number of rotatable bonds is 6. The van der Waals surface area contributed by atoms with Gasteiger partial charge in [0.25, 0.3) is 11.8 Å². The topological polar surface area (TPSA) is 67.9 Å². The first-order valence-corrected chi connectivity index (χ1v) is 10.6. The minimum atomic E-state index is -0.322. The highest BCUT2D eigenvalue weighted by atomic mass is 79.9. The molecule has 158 valence electrons. The SMILES string of the molecule is O=C(COc1ccc(Cl)cc1)Nc1ccc2c(c1)N(Cc1ccc(Br)cc1)C(=O)CO2. The van der Waals surface area contributed by atoms with Crippen molar-refractivity contribution in [3.8, 4) is 11.5 Å². The number of ether oxygens (including phenoxy) is 2. The molecular formula is C23H18BrClN2O4. The van der Waals surface area contributed by atoms with Crippen molar-refractivity contribution in [3.05, 3.63) is 81.8 Å². The Kier molecular flexibility index (Phi) is 6.44. The monoisotopic (exact) mass is 500 g/mol. The standard InChI is InChI=1S/C23H18BrClN2O4/c24-16-3-1-15(2-4-16)12-27-20-11-18(7-10-21(20)31-14-23(27)29)26-22(28)13-30-19-8-5-17(25)6-9-19/h1-11H,12-14H2,(H,26,28). The molecule has 6 nitrogen and oxygen atoms in total. The molecule has 0 bridgehead atoms. The lowest BCUT2D eigenvalue weighted by Gasteiger charge is -2.30. The smallest absolute Gasteiger partial charge is 0.265 e. The number of hydrogen-bond acceptors (Lipinski definition) is 4. The molecule has 0 atom stereocenters. The Morgan fingerprint density at radius 1 is 1.10 bits per heavy atom. The van der Waals surface area contributed by atoms with Crippen LogP contribution < -0.4 is 19.7 Å². The fourth-order valence-electron chi connectivity index (χ4n) is 3.10. The number of carbonyl (C=O) groups is 2. The molecule has 0 fully saturated rings. The molecule has 31 heavy (non-hydrogen) atoms. The number of hydrogen-bond donors (Lipinski definition) is 1. The number of halogens is 2. The molecule has 1 aliphatic rings. The summed E-state index contributed by atoms with van der Waals surface area (Å²) in [6.45, 7) is 0.223. The van der Waals surface area contributed by atoms with Crippen LogP contribution in [0, 0.1) is 0 Å². The predicted octanol–water partition coefficient (Wildman–Crippen LogP) is 5.05. The van der Waals surface area contributed by atoms with Crippen molar-refractivity contribution in [1.29, 1.82) is 0 Å². The number of carbonyl (C=O) groups excluding carboxylic acids is 2. The Balaban J connectivity index is 1.46. The summed E-state index contributed by atoms with van der Waals surface area (Å²) in [6.07, 6.45) is 0. The van der Waals surface area contributed by atoms with Gasteiger partial charge in [-0.15, -0.1) is 0 Å². The van der Waals surface area contributed by atoms with Crippen molar-refractivity contribution in [1.82, 2.24) is 0 Å². The van der Waals surface area contributed by atoms with E-state index in [1.165, 1.54) is 0 Å². The largest absolute Gasteiger partial charge is 0.484 e. The van der Waals surface area contributed by atoms with Gasteiger partial charge in [0.15, 0.2) is 13.2 Å². The van der Waals surface area contributed by atoms with Crippen molar-refractivity contribution < 1.29 is 19.1 Å². The Hall–Kier alpha value is -3.03. The fraction of sp³-hybridized carbons (Fsp3) is 0.130. The summed E-state index contributed by atoms with van der Waals surface area (Å²) in [5, 5.41) is 3.38. The van der Waals surface area contributed by atoms with E-state index in [0.717, 1.165) is 10.0 Å². The van der Waals surface area contributed by atoms with Crippen LogP contribution in [0.25, 0.3) is 0 Å². The normalized spacial score (nSPS) is 12.7. The van der Waals surface area contributed by atoms with Crippen LogP contribution in [-0.4, -0.2) is 25.0 Å². The molecule has 0 saturated heterocycles. The molecule has 4 rings (SSSR count). The summed E-state index contributed by atoms with van der Waals surface area (Å²) < 4.78 is 12.0. The number of nitrogens with zero attached hydrogens (tertiary/aromatic N) is 1. The summed E-state index contributed by atoms with van der Waals surface area (Å²) in [6, 6.07) is 19.7. The first-order valence-electron chi connectivity index (χ1n) is 9.48. The molecule has 0 unspecified atom stereocenters. The zero-order chi connectivity index (χ0) is 21.8. The fourth-order valence-corrected chi connectivity index (χ4v) is 3.49. The van der Waals surface area contributed by atoms with Crippen molar-refractivity contribution in [2.24, 2.45) is 0 Å². The first-order chi connectivity index (χ1) is 15.0. The van der Waals surface area contributed by atoms with Crippen LogP contribution in [0.5, 0.6) is 11.5 Å². The van der Waals surface area contributed by atoms with Gasteiger partial charge in [-0.2, -0.15) is 0 Å². The average molecular weight is 502 g/mol. The van der Waals surface area contributed by atoms with Crippen molar-refractivity contribution >= 4 is 50.7 Å². The molecule has 0 aromatic heterocycles. The summed E-state index contributed by atoms with van der Waals surface area (Å²) >= 11 is 9.26. The third-order valence-electron chi connectivity index (χ3n) is 4.62. The lowest BCUT2D eigenvalue weighted by molar-refractivity contribution is -0.121. The zero-order valence-corrected chi connectivity index (χ0v) is 18.7. The van der Waals surface area contributed by atoms with Crippen LogP contribution in [0.4, 0.5) is 11.4 Å². The maximum absolute atomic E-state index is 12.5. The van der Waals surface area contributed by atoms with Gasteiger partial charge in [-0.1, -0.05) is 39.7 Å². The third-order valence-corrected chi connectivity index (χ3v) is 5.40. The molecule has 0 radical (unpaired) electrons. The van der Waals surface area contributed by atoms with E-state index in [-0.39, 0.29) is 25.0 Å². The maximum Gasteiger partial charge on any atom is 0.265 e. The first kappa shape index (κ1) is 21.2. The lowest BCUT2D eigenvalue weighted by atomic mass is 10.1. The van der Waals surface area contributed by atoms with E-state index >= 15 is 0 Å². The summed E-state index contributed by atoms with van der Waals surface area (Å²) in [7, 11) is 0. The quantitative estimate of drug-likeness (QED) is 0.513. The number of anilines is 2. The van der Waals surface area contributed by atoms with Gasteiger partial charge in [0.2, 0.25) is 0 Å². The van der Waals surface area contributed by atoms with Crippen LogP contribution in [-0.2, 0) is 16.1 Å². The van der Waals surface area contributed by atoms with Gasteiger partial charge >= 0.3 is 0 Å². The van der Waals surface area contributed by atoms with Gasteiger partial charge in [-0.3, -0.25) is 9.59 Å². The molecule has 1 aliphatic heterocycles. The molecule has 2 amide bonds. The van der Waals surface area contributed by atoms with Crippen LogP contribution in [0.2, 0.25) is 5.02 Å². The number of fused-ring (bicyclic) bond motifs is 1.